The molecule has 2 atom stereocenters. The highest BCUT2D eigenvalue weighted by Crippen LogP contribution is 2.15. The van der Waals surface area contributed by atoms with Crippen molar-refractivity contribution < 1.29 is 0 Å². The van der Waals surface area contributed by atoms with E-state index >= 15 is 0 Å². The largest absolute Gasteiger partial charge is 0.309 e. The van der Waals surface area contributed by atoms with Gasteiger partial charge in [-0.2, -0.15) is 0 Å². The lowest BCUT2D eigenvalue weighted by Gasteiger charge is -2.28. The van der Waals surface area contributed by atoms with Gasteiger partial charge < -0.3 is 9.80 Å². The number of hydrogen-bond donors (Lipinski definition) is 0. The first kappa shape index (κ1) is 13.9. The fourth-order valence-electron chi connectivity index (χ4n) is 1.63. The van der Waals surface area contributed by atoms with Crippen LogP contribution in [0.2, 0.25) is 0 Å². The summed E-state index contributed by atoms with van der Waals surface area (Å²) in [5.74, 6) is 0.851. The Balaban J connectivity index is 3.90. The van der Waals surface area contributed by atoms with Gasteiger partial charge in [-0.15, -0.1) is 0 Å². The Morgan fingerprint density at radius 1 is 1.07 bits per heavy atom. The Morgan fingerprint density at radius 2 is 1.64 bits per heavy atom. The summed E-state index contributed by atoms with van der Waals surface area (Å²) in [6.45, 7) is 5.83. The van der Waals surface area contributed by atoms with Crippen LogP contribution in [0.4, 0.5) is 0 Å². The van der Waals surface area contributed by atoms with Crippen LogP contribution in [0.15, 0.2) is 0 Å². The summed E-state index contributed by atoms with van der Waals surface area (Å²) in [7, 11) is 8.69. The normalized spacial score (nSPS) is 16.3. The van der Waals surface area contributed by atoms with Crippen LogP contribution in [0.1, 0.15) is 33.1 Å². The van der Waals surface area contributed by atoms with Crippen LogP contribution in [0.5, 0.6) is 0 Å². The molecule has 2 nitrogen and oxygen atoms in total. The standard InChI is InChI=1S/C12H28N2/c1-7-11(2)10-12(14(5)6)8-9-13(3)4/h11-12H,7-10H2,1-6H3. The number of hydrogen-bond acceptors (Lipinski definition) is 2. The summed E-state index contributed by atoms with van der Waals surface area (Å²) in [5, 5.41) is 0. The van der Waals surface area contributed by atoms with E-state index in [0.29, 0.717) is 0 Å². The maximum atomic E-state index is 2.37. The van der Waals surface area contributed by atoms with Crippen LogP contribution in [0, 0.1) is 5.92 Å². The molecule has 0 radical (unpaired) electrons. The molecule has 0 aromatic carbocycles. The van der Waals surface area contributed by atoms with Crippen molar-refractivity contribution in [2.45, 2.75) is 39.2 Å². The van der Waals surface area contributed by atoms with Crippen molar-refractivity contribution in [3.05, 3.63) is 0 Å². The zero-order chi connectivity index (χ0) is 11.1. The van der Waals surface area contributed by atoms with Crippen LogP contribution in [0.25, 0.3) is 0 Å². The summed E-state index contributed by atoms with van der Waals surface area (Å²) in [5.41, 5.74) is 0. The van der Waals surface area contributed by atoms with E-state index in [0.717, 1.165) is 12.0 Å². The Hall–Kier alpha value is -0.0800. The minimum Gasteiger partial charge on any atom is -0.309 e. The molecular formula is C12H28N2. The Labute approximate surface area is 90.3 Å². The Morgan fingerprint density at radius 3 is 2.00 bits per heavy atom. The third kappa shape index (κ3) is 6.39. The van der Waals surface area contributed by atoms with E-state index in [2.05, 4.69) is 51.8 Å². The van der Waals surface area contributed by atoms with Crippen LogP contribution in [-0.4, -0.2) is 50.6 Å². The third-order valence-corrected chi connectivity index (χ3v) is 3.01. The van der Waals surface area contributed by atoms with Crippen LogP contribution < -0.4 is 0 Å². The monoisotopic (exact) mass is 200 g/mol. The van der Waals surface area contributed by atoms with E-state index in [4.69, 9.17) is 0 Å². The molecule has 0 spiro atoms. The van der Waals surface area contributed by atoms with Gasteiger partial charge in [0.05, 0.1) is 0 Å². The van der Waals surface area contributed by atoms with Gasteiger partial charge in [-0.3, -0.25) is 0 Å². The molecule has 0 aromatic rings. The molecule has 2 unspecified atom stereocenters. The summed E-state index contributed by atoms with van der Waals surface area (Å²) >= 11 is 0. The van der Waals surface area contributed by atoms with Crippen molar-refractivity contribution in [1.82, 2.24) is 9.80 Å². The lowest BCUT2D eigenvalue weighted by molar-refractivity contribution is 0.215. The van der Waals surface area contributed by atoms with Crippen LogP contribution in [0.3, 0.4) is 0 Å². The van der Waals surface area contributed by atoms with Gasteiger partial charge in [0.25, 0.3) is 0 Å². The molecule has 0 bridgehead atoms. The van der Waals surface area contributed by atoms with E-state index in [1.165, 1.54) is 25.8 Å². The van der Waals surface area contributed by atoms with Gasteiger partial charge in [0, 0.05) is 6.04 Å². The van der Waals surface area contributed by atoms with Crippen molar-refractivity contribution in [3.63, 3.8) is 0 Å². The minimum absolute atomic E-state index is 0.743. The predicted molar refractivity (Wildman–Crippen MR) is 64.7 cm³/mol. The van der Waals surface area contributed by atoms with Crippen molar-refractivity contribution in [2.75, 3.05) is 34.7 Å². The van der Waals surface area contributed by atoms with Gasteiger partial charge in [-0.25, -0.2) is 0 Å². The third-order valence-electron chi connectivity index (χ3n) is 3.01. The molecular weight excluding hydrogens is 172 g/mol. The predicted octanol–water partition coefficient (Wildman–Crippen LogP) is 2.30. The minimum atomic E-state index is 0.743. The number of rotatable bonds is 7. The van der Waals surface area contributed by atoms with Crippen molar-refractivity contribution in [3.8, 4) is 0 Å². The van der Waals surface area contributed by atoms with Gasteiger partial charge in [0.2, 0.25) is 0 Å². The molecule has 0 saturated heterocycles. The SMILES string of the molecule is CCC(C)CC(CCN(C)C)N(C)C. The fraction of sp³-hybridized carbons (Fsp3) is 1.00. The second-order valence-corrected chi connectivity index (χ2v) is 4.96. The van der Waals surface area contributed by atoms with E-state index in [9.17, 15) is 0 Å². The van der Waals surface area contributed by atoms with Crippen LogP contribution >= 0.6 is 0 Å². The second-order valence-electron chi connectivity index (χ2n) is 4.96. The first-order valence-electron chi connectivity index (χ1n) is 5.78. The molecule has 0 fully saturated rings. The molecule has 0 aliphatic carbocycles. The lowest BCUT2D eigenvalue weighted by atomic mass is 9.96. The molecule has 0 aliphatic heterocycles. The van der Waals surface area contributed by atoms with Crippen molar-refractivity contribution in [2.24, 2.45) is 5.92 Å². The molecule has 0 aliphatic rings. The smallest absolute Gasteiger partial charge is 0.0104 e. The quantitative estimate of drug-likeness (QED) is 0.622. The zero-order valence-corrected chi connectivity index (χ0v) is 10.9. The molecule has 0 aromatic heterocycles. The zero-order valence-electron chi connectivity index (χ0n) is 10.9. The summed E-state index contributed by atoms with van der Waals surface area (Å²) in [6, 6.07) is 0.743. The van der Waals surface area contributed by atoms with Crippen molar-refractivity contribution >= 4 is 0 Å². The summed E-state index contributed by atoms with van der Waals surface area (Å²) in [6.07, 6.45) is 3.91. The van der Waals surface area contributed by atoms with Crippen LogP contribution in [-0.2, 0) is 0 Å². The highest BCUT2D eigenvalue weighted by atomic mass is 15.1. The van der Waals surface area contributed by atoms with Gasteiger partial charge >= 0.3 is 0 Å². The van der Waals surface area contributed by atoms with Crippen molar-refractivity contribution in [1.29, 1.82) is 0 Å². The molecule has 2 heteroatoms. The lowest BCUT2D eigenvalue weighted by Crippen LogP contribution is -2.32. The summed E-state index contributed by atoms with van der Waals surface area (Å²) < 4.78 is 0. The van der Waals surface area contributed by atoms with Gasteiger partial charge in [0.15, 0.2) is 0 Å². The molecule has 0 heterocycles. The molecule has 14 heavy (non-hydrogen) atoms. The van der Waals surface area contributed by atoms with E-state index < -0.39 is 0 Å². The maximum absolute atomic E-state index is 2.37. The maximum Gasteiger partial charge on any atom is 0.0104 e. The van der Waals surface area contributed by atoms with Gasteiger partial charge in [-0.05, 0) is 53.5 Å². The topological polar surface area (TPSA) is 6.48 Å². The molecule has 0 saturated carbocycles. The highest BCUT2D eigenvalue weighted by Gasteiger charge is 2.14. The average molecular weight is 200 g/mol. The van der Waals surface area contributed by atoms with E-state index in [1.54, 1.807) is 0 Å². The number of nitrogens with zero attached hydrogens (tertiary/aromatic N) is 2. The molecule has 0 N–H and O–H groups in total. The first-order valence-corrected chi connectivity index (χ1v) is 5.78. The molecule has 86 valence electrons. The Bertz CT molecular complexity index is 132. The van der Waals surface area contributed by atoms with Gasteiger partial charge in [0.1, 0.15) is 0 Å². The van der Waals surface area contributed by atoms with Gasteiger partial charge in [-0.1, -0.05) is 20.3 Å². The Kier molecular flexibility index (Phi) is 7.20. The summed E-state index contributed by atoms with van der Waals surface area (Å²) in [4.78, 5) is 4.64. The fourth-order valence-corrected chi connectivity index (χ4v) is 1.63. The average Bonchev–Trinajstić information content (AvgIpc) is 2.10. The second kappa shape index (κ2) is 7.24. The van der Waals surface area contributed by atoms with E-state index in [-0.39, 0.29) is 0 Å². The molecule has 0 rings (SSSR count). The van der Waals surface area contributed by atoms with E-state index in [1.807, 2.05) is 0 Å². The molecule has 0 amide bonds. The highest BCUT2D eigenvalue weighted by molar-refractivity contribution is 4.70. The first-order chi connectivity index (χ1) is 6.47.